The molecule has 0 aliphatic carbocycles. The van der Waals surface area contributed by atoms with E-state index in [1.54, 1.807) is 56.3 Å². The minimum absolute atomic E-state index is 0.0675. The van der Waals surface area contributed by atoms with E-state index < -0.39 is 17.8 Å². The summed E-state index contributed by atoms with van der Waals surface area (Å²) in [6.45, 7) is 11.9. The van der Waals surface area contributed by atoms with Gasteiger partial charge in [0.2, 0.25) is 0 Å². The van der Waals surface area contributed by atoms with E-state index in [2.05, 4.69) is 33.6 Å². The Bertz CT molecular complexity index is 1500. The summed E-state index contributed by atoms with van der Waals surface area (Å²) in [7, 11) is 1.88. The van der Waals surface area contributed by atoms with Gasteiger partial charge in [-0.15, -0.1) is 5.11 Å². The molecule has 0 atom stereocenters. The zero-order valence-electron chi connectivity index (χ0n) is 25.2. The standard InChI is InChI=1S/C33H36FN5O5/c1-23(2)32(40)43-20-7-6-19-42-29-15-10-26(11-16-29)36-38-31-17-12-27(22-30(31)34)37-35-25-8-13-28(14-9-25)39(5)18-21-44-33(41)24(3)4/h8-17,22H,1,3,6-7,18-21H2,2,4-5H3. The van der Waals surface area contributed by atoms with Gasteiger partial charge < -0.3 is 19.1 Å². The van der Waals surface area contributed by atoms with Crippen LogP contribution >= 0.6 is 0 Å². The number of anilines is 1. The van der Waals surface area contributed by atoms with Gasteiger partial charge in [-0.25, -0.2) is 14.0 Å². The molecule has 3 aromatic rings. The molecular weight excluding hydrogens is 565 g/mol. The van der Waals surface area contributed by atoms with Gasteiger partial charge >= 0.3 is 11.9 Å². The van der Waals surface area contributed by atoms with Crippen molar-refractivity contribution in [3.8, 4) is 5.75 Å². The van der Waals surface area contributed by atoms with Crippen LogP contribution in [0.4, 0.5) is 32.8 Å². The molecule has 3 rings (SSSR count). The maximum Gasteiger partial charge on any atom is 0.333 e. The number of rotatable bonds is 16. The predicted molar refractivity (Wildman–Crippen MR) is 167 cm³/mol. The van der Waals surface area contributed by atoms with E-state index in [1.165, 1.54) is 12.1 Å². The number of carbonyl (C=O) groups excluding carboxylic acids is 2. The Balaban J connectivity index is 1.45. The van der Waals surface area contributed by atoms with Gasteiger partial charge in [-0.05, 0) is 87.4 Å². The summed E-state index contributed by atoms with van der Waals surface area (Å²) in [6, 6.07) is 18.6. The largest absolute Gasteiger partial charge is 0.494 e. The van der Waals surface area contributed by atoms with Gasteiger partial charge in [0.1, 0.15) is 18.0 Å². The maximum absolute atomic E-state index is 14.6. The van der Waals surface area contributed by atoms with Crippen LogP contribution in [0.2, 0.25) is 0 Å². The summed E-state index contributed by atoms with van der Waals surface area (Å²) in [5, 5.41) is 16.4. The fraction of sp³-hybridized carbons (Fsp3) is 0.273. The molecular formula is C33H36FN5O5. The van der Waals surface area contributed by atoms with Crippen molar-refractivity contribution < 1.29 is 28.2 Å². The number of ether oxygens (including phenoxy) is 3. The third-order valence-corrected chi connectivity index (χ3v) is 6.01. The number of hydrogen-bond donors (Lipinski definition) is 0. The van der Waals surface area contributed by atoms with Crippen molar-refractivity contribution in [1.29, 1.82) is 0 Å². The second-order valence-electron chi connectivity index (χ2n) is 9.86. The number of esters is 2. The predicted octanol–water partition coefficient (Wildman–Crippen LogP) is 8.49. The zero-order chi connectivity index (χ0) is 31.9. The first-order valence-electron chi connectivity index (χ1n) is 13.9. The molecule has 0 unspecified atom stereocenters. The van der Waals surface area contributed by atoms with Gasteiger partial charge in [0.15, 0.2) is 5.82 Å². The molecule has 0 bridgehead atoms. The number of azo groups is 2. The van der Waals surface area contributed by atoms with Gasteiger partial charge in [0.25, 0.3) is 0 Å². The van der Waals surface area contributed by atoms with E-state index in [0.717, 1.165) is 12.1 Å². The average molecular weight is 602 g/mol. The molecule has 3 aromatic carbocycles. The Morgan fingerprint density at radius 1 is 0.727 bits per heavy atom. The summed E-state index contributed by atoms with van der Waals surface area (Å²) in [6.07, 6.45) is 1.41. The minimum atomic E-state index is -0.580. The molecule has 0 saturated carbocycles. The Morgan fingerprint density at radius 2 is 1.25 bits per heavy atom. The Kier molecular flexibility index (Phi) is 12.9. The number of benzene rings is 3. The maximum atomic E-state index is 14.6. The minimum Gasteiger partial charge on any atom is -0.494 e. The Labute approximate surface area is 256 Å². The second-order valence-corrected chi connectivity index (χ2v) is 9.86. The number of carbonyl (C=O) groups is 2. The van der Waals surface area contributed by atoms with E-state index in [0.29, 0.717) is 60.1 Å². The lowest BCUT2D eigenvalue weighted by molar-refractivity contribution is -0.139. The molecule has 230 valence electrons. The molecule has 11 heteroatoms. The van der Waals surface area contributed by atoms with Gasteiger partial charge in [-0.2, -0.15) is 15.3 Å². The topological polar surface area (TPSA) is 115 Å². The summed E-state index contributed by atoms with van der Waals surface area (Å²) < 4.78 is 30.5. The number of hydrogen-bond acceptors (Lipinski definition) is 10. The lowest BCUT2D eigenvalue weighted by atomic mass is 10.2. The van der Waals surface area contributed by atoms with Crippen LogP contribution in [0.15, 0.2) is 111 Å². The van der Waals surface area contributed by atoms with Crippen LogP contribution in [-0.2, 0) is 19.1 Å². The molecule has 0 saturated heterocycles. The first-order chi connectivity index (χ1) is 21.1. The molecule has 0 radical (unpaired) electrons. The molecule has 0 aromatic heterocycles. The van der Waals surface area contributed by atoms with Crippen molar-refractivity contribution in [2.75, 3.05) is 38.3 Å². The molecule has 0 N–H and O–H groups in total. The average Bonchev–Trinajstić information content (AvgIpc) is 3.01. The van der Waals surface area contributed by atoms with Crippen molar-refractivity contribution in [1.82, 2.24) is 0 Å². The third kappa shape index (κ3) is 11.2. The number of nitrogens with zero attached hydrogens (tertiary/aromatic N) is 5. The SMILES string of the molecule is C=C(C)C(=O)OCCCCOc1ccc(N=Nc2ccc(N=Nc3ccc(N(C)CCOC(=O)C(=C)C)cc3)cc2F)cc1. The van der Waals surface area contributed by atoms with Crippen LogP contribution in [0.3, 0.4) is 0 Å². The molecule has 10 nitrogen and oxygen atoms in total. The molecule has 0 amide bonds. The summed E-state index contributed by atoms with van der Waals surface area (Å²) >= 11 is 0. The second kappa shape index (κ2) is 17.1. The summed E-state index contributed by atoms with van der Waals surface area (Å²) in [4.78, 5) is 24.8. The van der Waals surface area contributed by atoms with Crippen molar-refractivity contribution in [3.63, 3.8) is 0 Å². The van der Waals surface area contributed by atoms with E-state index in [-0.39, 0.29) is 12.3 Å². The molecule has 0 spiro atoms. The summed E-state index contributed by atoms with van der Waals surface area (Å²) in [5.74, 6) is -0.724. The van der Waals surface area contributed by atoms with E-state index in [9.17, 15) is 14.0 Å². The van der Waals surface area contributed by atoms with Crippen LogP contribution in [0.25, 0.3) is 0 Å². The highest BCUT2D eigenvalue weighted by Gasteiger charge is 2.07. The monoisotopic (exact) mass is 601 g/mol. The van der Waals surface area contributed by atoms with Gasteiger partial charge in [0, 0.05) is 29.9 Å². The molecule has 44 heavy (non-hydrogen) atoms. The quantitative estimate of drug-likeness (QED) is 0.0704. The fourth-order valence-electron chi connectivity index (χ4n) is 3.46. The lowest BCUT2D eigenvalue weighted by Crippen LogP contribution is -2.23. The third-order valence-electron chi connectivity index (χ3n) is 6.01. The van der Waals surface area contributed by atoms with E-state index >= 15 is 0 Å². The highest BCUT2D eigenvalue weighted by atomic mass is 19.1. The molecule has 0 heterocycles. The van der Waals surface area contributed by atoms with Crippen molar-refractivity contribution in [3.05, 3.63) is 96.9 Å². The number of halogens is 1. The zero-order valence-corrected chi connectivity index (χ0v) is 25.2. The lowest BCUT2D eigenvalue weighted by Gasteiger charge is -2.19. The Morgan fingerprint density at radius 3 is 1.86 bits per heavy atom. The van der Waals surface area contributed by atoms with Crippen LogP contribution in [0, 0.1) is 5.82 Å². The van der Waals surface area contributed by atoms with Crippen molar-refractivity contribution >= 4 is 40.4 Å². The van der Waals surface area contributed by atoms with E-state index in [1.807, 2.05) is 24.1 Å². The van der Waals surface area contributed by atoms with Gasteiger partial charge in [-0.1, -0.05) is 13.2 Å². The molecule has 0 aliphatic rings. The first kappa shape index (κ1) is 33.3. The fourth-order valence-corrected chi connectivity index (χ4v) is 3.46. The normalized spacial score (nSPS) is 11.0. The van der Waals surface area contributed by atoms with Crippen LogP contribution in [0.5, 0.6) is 5.75 Å². The van der Waals surface area contributed by atoms with Crippen LogP contribution in [0.1, 0.15) is 26.7 Å². The van der Waals surface area contributed by atoms with Crippen molar-refractivity contribution in [2.24, 2.45) is 20.5 Å². The molecule has 0 aliphatic heterocycles. The highest BCUT2D eigenvalue weighted by Crippen LogP contribution is 2.28. The van der Waals surface area contributed by atoms with Crippen molar-refractivity contribution in [2.45, 2.75) is 26.7 Å². The van der Waals surface area contributed by atoms with E-state index in [4.69, 9.17) is 14.2 Å². The smallest absolute Gasteiger partial charge is 0.333 e. The van der Waals surface area contributed by atoms with Crippen LogP contribution in [-0.4, -0.2) is 45.4 Å². The van der Waals surface area contributed by atoms with Crippen LogP contribution < -0.4 is 9.64 Å². The summed E-state index contributed by atoms with van der Waals surface area (Å²) in [5.41, 5.74) is 3.18. The van der Waals surface area contributed by atoms with Gasteiger partial charge in [0.05, 0.1) is 36.8 Å². The first-order valence-corrected chi connectivity index (χ1v) is 13.9. The number of likely N-dealkylation sites (N-methyl/N-ethyl adjacent to an activating group) is 1. The highest BCUT2D eigenvalue weighted by molar-refractivity contribution is 5.87. The molecule has 0 fully saturated rings. The van der Waals surface area contributed by atoms with Gasteiger partial charge in [-0.3, -0.25) is 0 Å². The number of unbranched alkanes of at least 4 members (excludes halogenated alkanes) is 1. The Hall–Kier alpha value is -5.19.